The Kier molecular flexibility index (Phi) is 3.96. The van der Waals surface area contributed by atoms with Gasteiger partial charge in [0, 0.05) is 6.04 Å². The molecule has 3 heteroatoms. The summed E-state index contributed by atoms with van der Waals surface area (Å²) in [6.45, 7) is 2.57. The Bertz CT molecular complexity index is 330. The smallest absolute Gasteiger partial charge is 0.119 e. The van der Waals surface area contributed by atoms with Gasteiger partial charge in [-0.15, -0.1) is 0 Å². The van der Waals surface area contributed by atoms with E-state index in [1.54, 1.807) is 0 Å². The Balaban J connectivity index is 2.78. The molecule has 3 nitrogen and oxygen atoms in total. The molecule has 0 aliphatic heterocycles. The van der Waals surface area contributed by atoms with Crippen LogP contribution in [-0.4, -0.2) is 6.61 Å². The molecule has 0 saturated carbocycles. The van der Waals surface area contributed by atoms with Crippen molar-refractivity contribution in [3.05, 3.63) is 29.8 Å². The molecule has 0 heterocycles. The molecule has 1 aromatic carbocycles. The van der Waals surface area contributed by atoms with Crippen molar-refractivity contribution in [3.63, 3.8) is 0 Å². The topological polar surface area (TPSA) is 59.0 Å². The third-order valence-corrected chi connectivity index (χ3v) is 1.91. The monoisotopic (exact) mass is 190 g/mol. The zero-order valence-electron chi connectivity index (χ0n) is 8.23. The summed E-state index contributed by atoms with van der Waals surface area (Å²) in [5, 5.41) is 8.51. The first kappa shape index (κ1) is 10.6. The highest BCUT2D eigenvalue weighted by Gasteiger charge is 2.05. The van der Waals surface area contributed by atoms with Gasteiger partial charge in [0.15, 0.2) is 0 Å². The van der Waals surface area contributed by atoms with E-state index in [9.17, 15) is 0 Å². The van der Waals surface area contributed by atoms with Crippen molar-refractivity contribution in [2.24, 2.45) is 5.73 Å². The lowest BCUT2D eigenvalue weighted by Crippen LogP contribution is -2.09. The van der Waals surface area contributed by atoms with E-state index in [0.29, 0.717) is 13.0 Å². The molecule has 1 atom stereocenters. The van der Waals surface area contributed by atoms with Crippen LogP contribution in [0.4, 0.5) is 0 Å². The zero-order valence-corrected chi connectivity index (χ0v) is 8.23. The van der Waals surface area contributed by atoms with Crippen molar-refractivity contribution in [1.82, 2.24) is 0 Å². The van der Waals surface area contributed by atoms with Gasteiger partial charge in [0.1, 0.15) is 5.75 Å². The number of nitrogens with zero attached hydrogens (tertiary/aromatic N) is 1. The summed E-state index contributed by atoms with van der Waals surface area (Å²) in [7, 11) is 0. The van der Waals surface area contributed by atoms with E-state index in [2.05, 4.69) is 6.07 Å². The number of ether oxygens (including phenoxy) is 1. The van der Waals surface area contributed by atoms with Crippen molar-refractivity contribution < 1.29 is 4.74 Å². The Morgan fingerprint density at radius 2 is 2.36 bits per heavy atom. The van der Waals surface area contributed by atoms with E-state index in [1.807, 2.05) is 31.2 Å². The lowest BCUT2D eigenvalue weighted by molar-refractivity contribution is 0.339. The van der Waals surface area contributed by atoms with Crippen LogP contribution in [0.3, 0.4) is 0 Å². The summed E-state index contributed by atoms with van der Waals surface area (Å²) < 4.78 is 5.34. The molecule has 1 aromatic rings. The fraction of sp³-hybridized carbons (Fsp3) is 0.364. The zero-order chi connectivity index (χ0) is 10.4. The average molecular weight is 190 g/mol. The second-order valence-electron chi connectivity index (χ2n) is 2.97. The summed E-state index contributed by atoms with van der Waals surface area (Å²) >= 11 is 0. The largest absolute Gasteiger partial charge is 0.494 e. The lowest BCUT2D eigenvalue weighted by atomic mass is 10.1. The number of hydrogen-bond donors (Lipinski definition) is 1. The Morgan fingerprint density at radius 1 is 1.57 bits per heavy atom. The van der Waals surface area contributed by atoms with Gasteiger partial charge in [-0.25, -0.2) is 0 Å². The number of hydrogen-bond acceptors (Lipinski definition) is 3. The van der Waals surface area contributed by atoms with E-state index in [-0.39, 0.29) is 6.04 Å². The van der Waals surface area contributed by atoms with Crippen molar-refractivity contribution in [1.29, 1.82) is 5.26 Å². The second kappa shape index (κ2) is 5.25. The quantitative estimate of drug-likeness (QED) is 0.789. The Labute approximate surface area is 84.1 Å². The predicted octanol–water partition coefficient (Wildman–Crippen LogP) is 2.00. The molecule has 2 N–H and O–H groups in total. The molecule has 0 aliphatic carbocycles. The van der Waals surface area contributed by atoms with Crippen LogP contribution in [0.2, 0.25) is 0 Å². The molecular weight excluding hydrogens is 176 g/mol. The molecule has 0 fully saturated rings. The maximum absolute atomic E-state index is 8.51. The first-order chi connectivity index (χ1) is 6.77. The van der Waals surface area contributed by atoms with E-state index in [4.69, 9.17) is 15.7 Å². The lowest BCUT2D eigenvalue weighted by Gasteiger charge is -2.09. The minimum Gasteiger partial charge on any atom is -0.494 e. The Hall–Kier alpha value is -1.53. The SMILES string of the molecule is CCOc1cccc(C(N)CC#N)c1. The molecule has 0 saturated heterocycles. The summed E-state index contributed by atoms with van der Waals surface area (Å²) in [6, 6.07) is 9.38. The van der Waals surface area contributed by atoms with E-state index >= 15 is 0 Å². The van der Waals surface area contributed by atoms with Gasteiger partial charge in [0.2, 0.25) is 0 Å². The van der Waals surface area contributed by atoms with Gasteiger partial charge >= 0.3 is 0 Å². The van der Waals surface area contributed by atoms with Crippen LogP contribution >= 0.6 is 0 Å². The van der Waals surface area contributed by atoms with E-state index < -0.39 is 0 Å². The maximum Gasteiger partial charge on any atom is 0.119 e. The van der Waals surface area contributed by atoms with Crippen LogP contribution in [0.1, 0.15) is 24.9 Å². The number of nitrogens with two attached hydrogens (primary N) is 1. The number of rotatable bonds is 4. The van der Waals surface area contributed by atoms with Crippen LogP contribution in [-0.2, 0) is 0 Å². The fourth-order valence-electron chi connectivity index (χ4n) is 1.22. The van der Waals surface area contributed by atoms with Gasteiger partial charge in [-0.2, -0.15) is 5.26 Å². The van der Waals surface area contributed by atoms with Gasteiger partial charge in [-0.1, -0.05) is 12.1 Å². The van der Waals surface area contributed by atoms with Crippen LogP contribution in [0.15, 0.2) is 24.3 Å². The number of benzene rings is 1. The predicted molar refractivity (Wildman–Crippen MR) is 54.8 cm³/mol. The first-order valence-electron chi connectivity index (χ1n) is 4.63. The standard InChI is InChI=1S/C11H14N2O/c1-2-14-10-5-3-4-9(8-10)11(13)6-7-12/h3-5,8,11H,2,6,13H2,1H3. The van der Waals surface area contributed by atoms with Gasteiger partial charge < -0.3 is 10.5 Å². The number of nitriles is 1. The molecule has 1 unspecified atom stereocenters. The molecule has 0 aliphatic rings. The third-order valence-electron chi connectivity index (χ3n) is 1.91. The second-order valence-corrected chi connectivity index (χ2v) is 2.97. The highest BCUT2D eigenvalue weighted by molar-refractivity contribution is 5.30. The van der Waals surface area contributed by atoms with Crippen molar-refractivity contribution in [2.45, 2.75) is 19.4 Å². The van der Waals surface area contributed by atoms with Gasteiger partial charge in [-0.3, -0.25) is 0 Å². The molecule has 1 rings (SSSR count). The normalized spacial score (nSPS) is 11.8. The van der Waals surface area contributed by atoms with Gasteiger partial charge in [0.25, 0.3) is 0 Å². The molecule has 74 valence electrons. The van der Waals surface area contributed by atoms with Crippen LogP contribution < -0.4 is 10.5 Å². The minimum atomic E-state index is -0.222. The van der Waals surface area contributed by atoms with Crippen molar-refractivity contribution in [2.75, 3.05) is 6.61 Å². The highest BCUT2D eigenvalue weighted by atomic mass is 16.5. The van der Waals surface area contributed by atoms with Crippen molar-refractivity contribution in [3.8, 4) is 11.8 Å². The molecular formula is C11H14N2O. The molecule has 0 amide bonds. The first-order valence-corrected chi connectivity index (χ1v) is 4.63. The van der Waals surface area contributed by atoms with Gasteiger partial charge in [-0.05, 0) is 24.6 Å². The van der Waals surface area contributed by atoms with Crippen LogP contribution in [0, 0.1) is 11.3 Å². The van der Waals surface area contributed by atoms with Crippen molar-refractivity contribution >= 4 is 0 Å². The summed E-state index contributed by atoms with van der Waals surface area (Å²) in [5.41, 5.74) is 6.73. The van der Waals surface area contributed by atoms with E-state index in [1.165, 1.54) is 0 Å². The third kappa shape index (κ3) is 2.75. The average Bonchev–Trinajstić information content (AvgIpc) is 2.19. The van der Waals surface area contributed by atoms with E-state index in [0.717, 1.165) is 11.3 Å². The Morgan fingerprint density at radius 3 is 3.00 bits per heavy atom. The molecule has 0 bridgehead atoms. The highest BCUT2D eigenvalue weighted by Crippen LogP contribution is 2.19. The van der Waals surface area contributed by atoms with Crippen LogP contribution in [0.5, 0.6) is 5.75 Å². The summed E-state index contributed by atoms with van der Waals surface area (Å²) in [6.07, 6.45) is 0.329. The maximum atomic E-state index is 8.51. The molecule has 0 radical (unpaired) electrons. The minimum absolute atomic E-state index is 0.222. The molecule has 0 spiro atoms. The fourth-order valence-corrected chi connectivity index (χ4v) is 1.22. The molecule has 14 heavy (non-hydrogen) atoms. The molecule has 0 aromatic heterocycles. The summed E-state index contributed by atoms with van der Waals surface area (Å²) in [5.74, 6) is 0.804. The summed E-state index contributed by atoms with van der Waals surface area (Å²) in [4.78, 5) is 0. The van der Waals surface area contributed by atoms with Gasteiger partial charge in [0.05, 0.1) is 19.1 Å². The van der Waals surface area contributed by atoms with Crippen LogP contribution in [0.25, 0.3) is 0 Å².